The van der Waals surface area contributed by atoms with Gasteiger partial charge in [0.25, 0.3) is 0 Å². The highest BCUT2D eigenvalue weighted by molar-refractivity contribution is 7.19. The van der Waals surface area contributed by atoms with Gasteiger partial charge in [-0.1, -0.05) is 37.5 Å². The maximum absolute atomic E-state index is 10.7. The van der Waals surface area contributed by atoms with E-state index >= 15 is 0 Å². The standard InChI is InChI=1S/C23H32O5S/c24-18(22-13-15-7-5-6-9-21(15)29-22)12-11-17-16(19(25)14-20(17)26)8-3-1-2-4-10-23(27)28/h5-7,9,13,16-20,24-26H,1-4,8,10-12,14H2,(H,27,28)/t16?,17?,18-,19+,20-/m1/s1. The molecule has 5 nitrogen and oxygen atoms in total. The number of hydrogen-bond acceptors (Lipinski definition) is 5. The molecule has 3 rings (SSSR count). The van der Waals surface area contributed by atoms with Gasteiger partial charge in [-0.3, -0.25) is 4.79 Å². The van der Waals surface area contributed by atoms with Crippen LogP contribution in [0.15, 0.2) is 30.3 Å². The number of unbranched alkanes of at least 4 members (excludes halogenated alkanes) is 3. The Morgan fingerprint density at radius 2 is 1.72 bits per heavy atom. The zero-order valence-corrected chi connectivity index (χ0v) is 17.6. The van der Waals surface area contributed by atoms with Crippen molar-refractivity contribution in [1.29, 1.82) is 0 Å². The monoisotopic (exact) mass is 420 g/mol. The molecule has 0 saturated heterocycles. The number of aliphatic hydroxyl groups excluding tert-OH is 3. The van der Waals surface area contributed by atoms with E-state index in [1.54, 1.807) is 11.3 Å². The number of rotatable bonds is 11. The molecule has 1 aromatic heterocycles. The highest BCUT2D eigenvalue weighted by Crippen LogP contribution is 2.41. The molecule has 29 heavy (non-hydrogen) atoms. The fourth-order valence-electron chi connectivity index (χ4n) is 4.65. The van der Waals surface area contributed by atoms with Crippen LogP contribution in [0.1, 0.15) is 68.8 Å². The van der Waals surface area contributed by atoms with Gasteiger partial charge >= 0.3 is 5.97 Å². The van der Waals surface area contributed by atoms with Crippen molar-refractivity contribution in [2.45, 2.75) is 76.1 Å². The number of aliphatic carboxylic acids is 1. The Morgan fingerprint density at radius 3 is 2.45 bits per heavy atom. The molecular weight excluding hydrogens is 388 g/mol. The van der Waals surface area contributed by atoms with Crippen molar-refractivity contribution in [3.05, 3.63) is 35.2 Å². The SMILES string of the molecule is O=C(O)CCCCCCC1C(CC[C@@H](O)c2cc3ccccc3s2)[C@H](O)C[C@@H]1O. The molecule has 1 fully saturated rings. The third-order valence-electron chi connectivity index (χ3n) is 6.25. The van der Waals surface area contributed by atoms with Gasteiger partial charge in [0.2, 0.25) is 0 Å². The average molecular weight is 421 g/mol. The van der Waals surface area contributed by atoms with Crippen LogP contribution in [0.4, 0.5) is 0 Å². The zero-order chi connectivity index (χ0) is 20.8. The van der Waals surface area contributed by atoms with E-state index in [2.05, 4.69) is 6.07 Å². The summed E-state index contributed by atoms with van der Waals surface area (Å²) in [4.78, 5) is 11.5. The van der Waals surface area contributed by atoms with Gasteiger partial charge in [0.1, 0.15) is 0 Å². The predicted octanol–water partition coefficient (Wildman–Crippen LogP) is 4.50. The first-order valence-electron chi connectivity index (χ1n) is 10.7. The molecule has 0 radical (unpaired) electrons. The molecule has 160 valence electrons. The maximum Gasteiger partial charge on any atom is 0.303 e. The average Bonchev–Trinajstić information content (AvgIpc) is 3.23. The first kappa shape index (κ1) is 22.2. The summed E-state index contributed by atoms with van der Waals surface area (Å²) in [6, 6.07) is 10.1. The Morgan fingerprint density at radius 1 is 1.03 bits per heavy atom. The number of hydrogen-bond donors (Lipinski definition) is 4. The van der Waals surface area contributed by atoms with Gasteiger partial charge in [-0.2, -0.15) is 0 Å². The van der Waals surface area contributed by atoms with Gasteiger partial charge in [-0.05, 0) is 61.5 Å². The minimum absolute atomic E-state index is 0.00745. The van der Waals surface area contributed by atoms with E-state index in [1.807, 2.05) is 24.3 Å². The lowest BCUT2D eigenvalue weighted by Crippen LogP contribution is -2.23. The van der Waals surface area contributed by atoms with Crippen LogP contribution in [0.5, 0.6) is 0 Å². The van der Waals surface area contributed by atoms with Crippen LogP contribution < -0.4 is 0 Å². The van der Waals surface area contributed by atoms with E-state index in [4.69, 9.17) is 5.11 Å². The highest BCUT2D eigenvalue weighted by Gasteiger charge is 2.40. The summed E-state index contributed by atoms with van der Waals surface area (Å²) in [6.45, 7) is 0. The molecule has 0 amide bonds. The molecule has 1 heterocycles. The minimum Gasteiger partial charge on any atom is -0.481 e. The lowest BCUT2D eigenvalue weighted by Gasteiger charge is -2.24. The molecule has 1 aliphatic rings. The second kappa shape index (κ2) is 10.5. The molecule has 4 N–H and O–H groups in total. The van der Waals surface area contributed by atoms with Crippen molar-refractivity contribution in [3.63, 3.8) is 0 Å². The first-order valence-corrected chi connectivity index (χ1v) is 11.5. The fourth-order valence-corrected chi connectivity index (χ4v) is 5.73. The van der Waals surface area contributed by atoms with Gasteiger partial charge in [0, 0.05) is 16.0 Å². The molecule has 0 spiro atoms. The van der Waals surface area contributed by atoms with Gasteiger partial charge in [-0.25, -0.2) is 0 Å². The fraction of sp³-hybridized carbons (Fsp3) is 0.609. The summed E-state index contributed by atoms with van der Waals surface area (Å²) in [5, 5.41) is 41.3. The van der Waals surface area contributed by atoms with Crippen LogP contribution in [-0.4, -0.2) is 38.6 Å². The quantitative estimate of drug-likeness (QED) is 0.401. The lowest BCUT2D eigenvalue weighted by atomic mass is 9.84. The van der Waals surface area contributed by atoms with Crippen LogP contribution in [-0.2, 0) is 4.79 Å². The molecule has 1 aromatic carbocycles. The Bertz CT molecular complexity index is 755. The summed E-state index contributed by atoms with van der Waals surface area (Å²) >= 11 is 1.61. The normalized spacial score (nSPS) is 25.5. The smallest absolute Gasteiger partial charge is 0.303 e. The third kappa shape index (κ3) is 6.01. The summed E-state index contributed by atoms with van der Waals surface area (Å²) in [5.74, 6) is -0.691. The van der Waals surface area contributed by atoms with Crippen molar-refractivity contribution >= 4 is 27.4 Å². The van der Waals surface area contributed by atoms with Crippen molar-refractivity contribution in [3.8, 4) is 0 Å². The molecule has 1 aliphatic carbocycles. The van der Waals surface area contributed by atoms with E-state index < -0.39 is 24.3 Å². The summed E-state index contributed by atoms with van der Waals surface area (Å²) < 4.78 is 1.17. The highest BCUT2D eigenvalue weighted by atomic mass is 32.1. The number of aliphatic hydroxyl groups is 3. The molecular formula is C23H32O5S. The van der Waals surface area contributed by atoms with Crippen molar-refractivity contribution in [2.24, 2.45) is 11.8 Å². The Balaban J connectivity index is 1.48. The molecule has 0 bridgehead atoms. The summed E-state index contributed by atoms with van der Waals surface area (Å²) in [5.41, 5.74) is 0. The number of fused-ring (bicyclic) bond motifs is 1. The van der Waals surface area contributed by atoms with Crippen molar-refractivity contribution in [2.75, 3.05) is 0 Å². The Kier molecular flexibility index (Phi) is 8.07. The second-order valence-corrected chi connectivity index (χ2v) is 9.44. The summed E-state index contributed by atoms with van der Waals surface area (Å²) in [7, 11) is 0. The second-order valence-electron chi connectivity index (χ2n) is 8.32. The third-order valence-corrected chi connectivity index (χ3v) is 7.46. The molecule has 5 atom stereocenters. The Hall–Kier alpha value is -1.47. The van der Waals surface area contributed by atoms with Crippen molar-refractivity contribution < 1.29 is 25.2 Å². The summed E-state index contributed by atoms with van der Waals surface area (Å²) in [6.07, 6.45) is 4.64. The van der Waals surface area contributed by atoms with E-state index in [-0.39, 0.29) is 18.3 Å². The topological polar surface area (TPSA) is 98.0 Å². The zero-order valence-electron chi connectivity index (χ0n) is 16.7. The minimum atomic E-state index is -0.753. The maximum atomic E-state index is 10.7. The molecule has 0 aliphatic heterocycles. The van der Waals surface area contributed by atoms with E-state index in [0.717, 1.165) is 35.9 Å². The molecule has 6 heteroatoms. The molecule has 1 saturated carbocycles. The van der Waals surface area contributed by atoms with Gasteiger partial charge < -0.3 is 20.4 Å². The number of carboxylic acids is 1. The van der Waals surface area contributed by atoms with Gasteiger partial charge in [0.05, 0.1) is 18.3 Å². The van der Waals surface area contributed by atoms with E-state index in [0.29, 0.717) is 25.7 Å². The van der Waals surface area contributed by atoms with E-state index in [1.165, 1.54) is 4.70 Å². The van der Waals surface area contributed by atoms with Gasteiger partial charge in [-0.15, -0.1) is 11.3 Å². The number of benzene rings is 1. The largest absolute Gasteiger partial charge is 0.481 e. The molecule has 2 aromatic rings. The van der Waals surface area contributed by atoms with Crippen LogP contribution in [0.2, 0.25) is 0 Å². The van der Waals surface area contributed by atoms with Crippen LogP contribution in [0, 0.1) is 11.8 Å². The number of carboxylic acid groups (broad SMARTS) is 1. The van der Waals surface area contributed by atoms with Gasteiger partial charge in [0.15, 0.2) is 0 Å². The van der Waals surface area contributed by atoms with Crippen LogP contribution in [0.25, 0.3) is 10.1 Å². The molecule has 2 unspecified atom stereocenters. The van der Waals surface area contributed by atoms with Crippen LogP contribution >= 0.6 is 11.3 Å². The van der Waals surface area contributed by atoms with Crippen molar-refractivity contribution in [1.82, 2.24) is 0 Å². The first-order chi connectivity index (χ1) is 14.0. The Labute approximate surface area is 176 Å². The van der Waals surface area contributed by atoms with E-state index in [9.17, 15) is 20.1 Å². The number of thiophene rings is 1. The number of carbonyl (C=O) groups is 1. The van der Waals surface area contributed by atoms with Crippen LogP contribution in [0.3, 0.4) is 0 Å². The predicted molar refractivity (Wildman–Crippen MR) is 115 cm³/mol. The lowest BCUT2D eigenvalue weighted by molar-refractivity contribution is -0.137.